The Balaban J connectivity index is 1.59. The summed E-state index contributed by atoms with van der Waals surface area (Å²) < 4.78 is 7.56. The Labute approximate surface area is 174 Å². The van der Waals surface area contributed by atoms with Crippen LogP contribution in [-0.2, 0) is 0 Å². The topological polar surface area (TPSA) is 102 Å². The molecule has 0 saturated carbocycles. The maximum absolute atomic E-state index is 10.8. The van der Waals surface area contributed by atoms with Crippen molar-refractivity contribution in [2.75, 3.05) is 0 Å². The number of rotatable bonds is 5. The number of nitrogens with one attached hydrogen (secondary N) is 1. The van der Waals surface area contributed by atoms with Crippen LogP contribution in [0.1, 0.15) is 5.76 Å². The largest absolute Gasteiger partial charge is 0.455 e. The van der Waals surface area contributed by atoms with Gasteiger partial charge in [-0.3, -0.25) is 10.1 Å². The first-order chi connectivity index (χ1) is 14.0. The molecular formula is C19H12ClN5O3S. The molecule has 1 N–H and O–H groups in total. The van der Waals surface area contributed by atoms with Gasteiger partial charge in [-0.1, -0.05) is 11.6 Å². The van der Waals surface area contributed by atoms with Crippen molar-refractivity contribution in [1.29, 1.82) is 0 Å². The molecule has 0 amide bonds. The molecule has 2 heterocycles. The summed E-state index contributed by atoms with van der Waals surface area (Å²) in [6.45, 7) is 0. The Morgan fingerprint density at radius 3 is 2.48 bits per heavy atom. The van der Waals surface area contributed by atoms with Gasteiger partial charge in [-0.05, 0) is 60.7 Å². The third-order valence-corrected chi connectivity index (χ3v) is 4.56. The van der Waals surface area contributed by atoms with Crippen LogP contribution in [0, 0.1) is 14.9 Å². The summed E-state index contributed by atoms with van der Waals surface area (Å²) >= 11 is 11.2. The van der Waals surface area contributed by atoms with E-state index < -0.39 is 4.92 Å². The second-order valence-corrected chi connectivity index (χ2v) is 6.74. The summed E-state index contributed by atoms with van der Waals surface area (Å²) in [5.41, 5.74) is 1.54. The van der Waals surface area contributed by atoms with Gasteiger partial charge in [-0.25, -0.2) is 5.10 Å². The molecule has 0 fully saturated rings. The summed E-state index contributed by atoms with van der Waals surface area (Å²) in [6.07, 6.45) is 1.51. The molecule has 29 heavy (non-hydrogen) atoms. The van der Waals surface area contributed by atoms with E-state index in [0.717, 1.165) is 11.1 Å². The molecule has 0 atom stereocenters. The number of H-pyrrole nitrogens is 1. The molecule has 0 unspecified atom stereocenters. The maximum Gasteiger partial charge on any atom is 0.269 e. The molecule has 4 aromatic rings. The van der Waals surface area contributed by atoms with Crippen LogP contribution in [0.2, 0.25) is 5.02 Å². The van der Waals surface area contributed by atoms with Gasteiger partial charge in [-0.15, -0.1) is 0 Å². The Kier molecular flexibility index (Phi) is 5.07. The lowest BCUT2D eigenvalue weighted by Gasteiger charge is -2.00. The van der Waals surface area contributed by atoms with Crippen molar-refractivity contribution in [3.05, 3.63) is 86.3 Å². The zero-order chi connectivity index (χ0) is 20.4. The van der Waals surface area contributed by atoms with Crippen LogP contribution in [0.15, 0.2) is 70.2 Å². The average Bonchev–Trinajstić information content (AvgIpc) is 3.34. The van der Waals surface area contributed by atoms with E-state index in [2.05, 4.69) is 15.3 Å². The molecule has 0 spiro atoms. The highest BCUT2D eigenvalue weighted by atomic mass is 35.5. The minimum absolute atomic E-state index is 0.0196. The SMILES string of the molecule is O=[N+]([O-])c1ccc(-c2ccc(/C=N/n3c(-c4ccc(Cl)cc4)n[nH]c3=S)o2)cc1. The van der Waals surface area contributed by atoms with Crippen molar-refractivity contribution in [3.63, 3.8) is 0 Å². The minimum Gasteiger partial charge on any atom is -0.455 e. The van der Waals surface area contributed by atoms with Crippen LogP contribution >= 0.6 is 23.8 Å². The molecule has 0 aliphatic rings. The lowest BCUT2D eigenvalue weighted by atomic mass is 10.1. The molecule has 0 aliphatic heterocycles. The Morgan fingerprint density at radius 2 is 1.79 bits per heavy atom. The fraction of sp³-hybridized carbons (Fsp3) is 0. The van der Waals surface area contributed by atoms with E-state index in [1.165, 1.54) is 23.0 Å². The number of furan rings is 1. The van der Waals surface area contributed by atoms with Crippen LogP contribution in [0.5, 0.6) is 0 Å². The van der Waals surface area contributed by atoms with E-state index in [0.29, 0.717) is 27.1 Å². The summed E-state index contributed by atoms with van der Waals surface area (Å²) in [4.78, 5) is 10.3. The molecule has 0 radical (unpaired) electrons. The van der Waals surface area contributed by atoms with Gasteiger partial charge in [0.1, 0.15) is 11.5 Å². The van der Waals surface area contributed by atoms with Crippen LogP contribution in [-0.4, -0.2) is 26.0 Å². The summed E-state index contributed by atoms with van der Waals surface area (Å²) in [6, 6.07) is 16.8. The first-order valence-corrected chi connectivity index (χ1v) is 9.12. The van der Waals surface area contributed by atoms with Gasteiger partial charge in [0.25, 0.3) is 5.69 Å². The number of aromatic amines is 1. The van der Waals surface area contributed by atoms with Crippen molar-refractivity contribution >= 4 is 35.7 Å². The highest BCUT2D eigenvalue weighted by Gasteiger charge is 2.10. The Hall–Kier alpha value is -3.56. The number of non-ortho nitro benzene ring substituents is 1. The second-order valence-electron chi connectivity index (χ2n) is 5.92. The van der Waals surface area contributed by atoms with E-state index in [9.17, 15) is 10.1 Å². The molecule has 144 valence electrons. The second kappa shape index (κ2) is 7.82. The highest BCUT2D eigenvalue weighted by molar-refractivity contribution is 7.71. The third kappa shape index (κ3) is 4.00. The molecule has 2 aromatic carbocycles. The fourth-order valence-electron chi connectivity index (χ4n) is 2.62. The molecule has 10 heteroatoms. The quantitative estimate of drug-likeness (QED) is 0.202. The Bertz CT molecular complexity index is 1260. The smallest absolute Gasteiger partial charge is 0.269 e. The predicted molar refractivity (Wildman–Crippen MR) is 112 cm³/mol. The number of hydrogen-bond donors (Lipinski definition) is 1. The van der Waals surface area contributed by atoms with Gasteiger partial charge >= 0.3 is 0 Å². The van der Waals surface area contributed by atoms with Gasteiger partial charge in [-0.2, -0.15) is 14.9 Å². The molecule has 0 aliphatic carbocycles. The number of hydrogen-bond acceptors (Lipinski definition) is 6. The molecule has 0 bridgehead atoms. The zero-order valence-electron chi connectivity index (χ0n) is 14.7. The normalized spacial score (nSPS) is 11.2. The van der Waals surface area contributed by atoms with Gasteiger partial charge < -0.3 is 4.42 Å². The number of nitrogens with zero attached hydrogens (tertiary/aromatic N) is 4. The lowest BCUT2D eigenvalue weighted by molar-refractivity contribution is -0.384. The summed E-state index contributed by atoms with van der Waals surface area (Å²) in [5.74, 6) is 1.59. The maximum atomic E-state index is 10.8. The average molecular weight is 426 g/mol. The monoisotopic (exact) mass is 425 g/mol. The fourth-order valence-corrected chi connectivity index (χ4v) is 2.93. The summed E-state index contributed by atoms with van der Waals surface area (Å²) in [7, 11) is 0. The molecule has 2 aromatic heterocycles. The van der Waals surface area contributed by atoms with E-state index >= 15 is 0 Å². The van der Waals surface area contributed by atoms with Crippen molar-refractivity contribution < 1.29 is 9.34 Å². The van der Waals surface area contributed by atoms with Gasteiger partial charge in [0.2, 0.25) is 4.77 Å². The summed E-state index contributed by atoms with van der Waals surface area (Å²) in [5, 5.41) is 22.7. The van der Waals surface area contributed by atoms with Crippen LogP contribution in [0.4, 0.5) is 5.69 Å². The van der Waals surface area contributed by atoms with E-state index in [-0.39, 0.29) is 5.69 Å². The van der Waals surface area contributed by atoms with Crippen LogP contribution in [0.3, 0.4) is 0 Å². The van der Waals surface area contributed by atoms with Crippen molar-refractivity contribution in [2.24, 2.45) is 5.10 Å². The lowest BCUT2D eigenvalue weighted by Crippen LogP contribution is -1.94. The van der Waals surface area contributed by atoms with Crippen molar-refractivity contribution in [2.45, 2.75) is 0 Å². The number of nitro benzene ring substituents is 1. The van der Waals surface area contributed by atoms with E-state index in [1.807, 2.05) is 12.1 Å². The molecule has 8 nitrogen and oxygen atoms in total. The van der Waals surface area contributed by atoms with E-state index in [4.69, 9.17) is 28.2 Å². The van der Waals surface area contributed by atoms with E-state index in [1.54, 1.807) is 36.4 Å². The standard InChI is InChI=1S/C19H12ClN5O3S/c20-14-5-1-13(2-6-14)18-22-23-19(29)24(18)21-11-16-9-10-17(28-16)12-3-7-15(8-4-12)25(26)27/h1-11H,(H,23,29)/b21-11+. The molecule has 0 saturated heterocycles. The number of halogens is 1. The third-order valence-electron chi connectivity index (χ3n) is 4.04. The number of aromatic nitrogens is 3. The zero-order valence-corrected chi connectivity index (χ0v) is 16.2. The first-order valence-electron chi connectivity index (χ1n) is 8.33. The Morgan fingerprint density at radius 1 is 1.10 bits per heavy atom. The molecular weight excluding hydrogens is 414 g/mol. The number of nitro groups is 1. The van der Waals surface area contributed by atoms with Gasteiger partial charge in [0.15, 0.2) is 5.82 Å². The van der Waals surface area contributed by atoms with Gasteiger partial charge in [0.05, 0.1) is 11.1 Å². The number of benzene rings is 2. The van der Waals surface area contributed by atoms with Gasteiger partial charge in [0, 0.05) is 28.3 Å². The van der Waals surface area contributed by atoms with Crippen molar-refractivity contribution in [3.8, 4) is 22.7 Å². The van der Waals surface area contributed by atoms with Crippen LogP contribution < -0.4 is 0 Å². The minimum atomic E-state index is -0.448. The molecule has 4 rings (SSSR count). The predicted octanol–water partition coefficient (Wildman–Crippen LogP) is 5.31. The van der Waals surface area contributed by atoms with Crippen LogP contribution in [0.25, 0.3) is 22.7 Å². The highest BCUT2D eigenvalue weighted by Crippen LogP contribution is 2.24. The van der Waals surface area contributed by atoms with Crippen molar-refractivity contribution in [1.82, 2.24) is 14.9 Å². The first kappa shape index (κ1) is 18.8.